The Balaban J connectivity index is 2.03. The number of hydrogen-bond acceptors (Lipinski definition) is 5. The van der Waals surface area contributed by atoms with Gasteiger partial charge in [-0.3, -0.25) is 14.8 Å². The first-order valence-corrected chi connectivity index (χ1v) is 11.6. The second-order valence-electron chi connectivity index (χ2n) is 7.08. The molecule has 0 aliphatic heterocycles. The van der Waals surface area contributed by atoms with Gasteiger partial charge in [0.25, 0.3) is 5.91 Å². The number of hydrogen-bond donors (Lipinski definition) is 0. The molecule has 0 spiro atoms. The highest BCUT2D eigenvalue weighted by atomic mass is 35.5. The molecule has 2 heterocycles. The van der Waals surface area contributed by atoms with Crippen molar-refractivity contribution in [3.8, 4) is 0 Å². The fraction of sp³-hybridized carbons (Fsp3) is 0.250. The minimum absolute atomic E-state index is 0.184. The highest BCUT2D eigenvalue weighted by Crippen LogP contribution is 2.27. The van der Waals surface area contributed by atoms with Crippen LogP contribution < -0.4 is 0 Å². The minimum Gasteiger partial charge on any atom is -0.321 e. The fourth-order valence-electron chi connectivity index (χ4n) is 2.91. The van der Waals surface area contributed by atoms with E-state index in [0.717, 1.165) is 34.0 Å². The molecule has 0 fully saturated rings. The van der Waals surface area contributed by atoms with Crippen LogP contribution in [0.25, 0.3) is 0 Å². The predicted molar refractivity (Wildman–Crippen MR) is 114 cm³/mol. The molecule has 1 aromatic carbocycles. The van der Waals surface area contributed by atoms with Gasteiger partial charge in [-0.1, -0.05) is 35.9 Å². The Morgan fingerprint density at radius 1 is 1.06 bits per heavy atom. The van der Waals surface area contributed by atoms with Crippen LogP contribution in [0.5, 0.6) is 0 Å². The second-order valence-corrected chi connectivity index (χ2v) is 9.35. The zero-order valence-electron chi connectivity index (χ0n) is 17.5. The van der Waals surface area contributed by atoms with E-state index >= 15 is 0 Å². The van der Waals surface area contributed by atoms with E-state index in [1.807, 2.05) is 0 Å². The molecule has 8 nitrogen and oxygen atoms in total. The number of nitrogens with zero attached hydrogens (tertiary/aromatic N) is 5. The standard InChI is InChI=1S/C20H19ClF3N5O3S/c1-27-17(21)11-26-18(27)13-29(33(2,31)32)28(19(30)15-6-4-3-5-7-15)12-14-8-9-16(25-10-14)20(22,23)24/h3-11H,12-13H2,1-2H3. The minimum atomic E-state index is -4.63. The fourth-order valence-corrected chi connectivity index (χ4v) is 3.90. The first-order valence-electron chi connectivity index (χ1n) is 9.40. The van der Waals surface area contributed by atoms with Gasteiger partial charge in [0.1, 0.15) is 16.7 Å². The lowest BCUT2D eigenvalue weighted by molar-refractivity contribution is -0.141. The Hall–Kier alpha value is -2.96. The van der Waals surface area contributed by atoms with Crippen LogP contribution in [0.3, 0.4) is 0 Å². The van der Waals surface area contributed by atoms with Crippen LogP contribution in [0.2, 0.25) is 5.15 Å². The maximum atomic E-state index is 13.3. The van der Waals surface area contributed by atoms with Gasteiger partial charge >= 0.3 is 6.18 Å². The summed E-state index contributed by atoms with van der Waals surface area (Å²) in [5.41, 5.74) is -0.725. The van der Waals surface area contributed by atoms with Crippen molar-refractivity contribution in [1.82, 2.24) is 24.0 Å². The van der Waals surface area contributed by atoms with Crippen molar-refractivity contribution in [2.45, 2.75) is 19.3 Å². The molecule has 0 saturated heterocycles. The number of carbonyl (C=O) groups is 1. The zero-order chi connectivity index (χ0) is 24.4. The van der Waals surface area contributed by atoms with Crippen molar-refractivity contribution in [2.75, 3.05) is 6.26 Å². The molecule has 0 aliphatic carbocycles. The first kappa shape index (κ1) is 24.7. The van der Waals surface area contributed by atoms with Crippen LogP contribution in [0.1, 0.15) is 27.4 Å². The molecule has 3 rings (SSSR count). The summed E-state index contributed by atoms with van der Waals surface area (Å²) >= 11 is 6.00. The van der Waals surface area contributed by atoms with Gasteiger partial charge in [-0.2, -0.15) is 13.2 Å². The molecule has 1 amide bonds. The lowest BCUT2D eigenvalue weighted by Gasteiger charge is -2.33. The van der Waals surface area contributed by atoms with Crippen LogP contribution in [-0.2, 0) is 36.3 Å². The van der Waals surface area contributed by atoms with E-state index in [4.69, 9.17) is 11.6 Å². The van der Waals surface area contributed by atoms with Gasteiger partial charge in [0.2, 0.25) is 10.0 Å². The SMILES string of the molecule is Cn1c(Cl)cnc1CN(N(Cc1ccc(C(F)(F)F)nc1)C(=O)c1ccccc1)S(C)(=O)=O. The van der Waals surface area contributed by atoms with E-state index in [-0.39, 0.29) is 35.2 Å². The summed E-state index contributed by atoms with van der Waals surface area (Å²) in [6.45, 7) is -0.696. The number of carbonyl (C=O) groups excluding carboxylic acids is 1. The monoisotopic (exact) mass is 501 g/mol. The van der Waals surface area contributed by atoms with E-state index in [2.05, 4.69) is 9.97 Å². The van der Waals surface area contributed by atoms with Crippen molar-refractivity contribution >= 4 is 27.5 Å². The summed E-state index contributed by atoms with van der Waals surface area (Å²) in [6, 6.07) is 9.80. The number of pyridine rings is 1. The van der Waals surface area contributed by atoms with E-state index in [1.165, 1.54) is 22.9 Å². The number of sulfonamides is 1. The lowest BCUT2D eigenvalue weighted by Crippen LogP contribution is -2.48. The van der Waals surface area contributed by atoms with Gasteiger partial charge in [0, 0.05) is 18.8 Å². The summed E-state index contributed by atoms with van der Waals surface area (Å²) < 4.78 is 66.3. The molecule has 0 atom stereocenters. The highest BCUT2D eigenvalue weighted by molar-refractivity contribution is 7.88. The van der Waals surface area contributed by atoms with Gasteiger partial charge in [0.15, 0.2) is 0 Å². The third-order valence-electron chi connectivity index (χ3n) is 4.66. The largest absolute Gasteiger partial charge is 0.433 e. The second kappa shape index (κ2) is 9.49. The number of rotatable bonds is 7. The van der Waals surface area contributed by atoms with Gasteiger partial charge in [-0.05, 0) is 23.8 Å². The number of imidazole rings is 1. The van der Waals surface area contributed by atoms with Crippen molar-refractivity contribution in [3.63, 3.8) is 0 Å². The number of amides is 1. The van der Waals surface area contributed by atoms with Crippen molar-refractivity contribution in [3.05, 3.63) is 82.7 Å². The van der Waals surface area contributed by atoms with Crippen LogP contribution in [0.4, 0.5) is 13.2 Å². The third-order valence-corrected chi connectivity index (χ3v) is 6.10. The van der Waals surface area contributed by atoms with E-state index in [1.54, 1.807) is 25.2 Å². The maximum absolute atomic E-state index is 13.3. The molecule has 3 aromatic rings. The Morgan fingerprint density at radius 2 is 1.73 bits per heavy atom. The average molecular weight is 502 g/mol. The van der Waals surface area contributed by atoms with E-state index in [9.17, 15) is 26.4 Å². The predicted octanol–water partition coefficient (Wildman–Crippen LogP) is 3.51. The summed E-state index contributed by atoms with van der Waals surface area (Å²) in [4.78, 5) is 20.8. The smallest absolute Gasteiger partial charge is 0.321 e. The molecule has 0 aliphatic rings. The lowest BCUT2D eigenvalue weighted by atomic mass is 10.2. The molecule has 0 N–H and O–H groups in total. The summed E-state index contributed by atoms with van der Waals surface area (Å²) in [6.07, 6.45) is -1.44. The van der Waals surface area contributed by atoms with Crippen LogP contribution in [0.15, 0.2) is 54.9 Å². The molecule has 0 radical (unpaired) electrons. The Bertz CT molecular complexity index is 1230. The van der Waals surface area contributed by atoms with E-state index in [0.29, 0.717) is 0 Å². The van der Waals surface area contributed by atoms with Crippen molar-refractivity contribution < 1.29 is 26.4 Å². The molecule has 0 saturated carbocycles. The number of hydrazine groups is 1. The van der Waals surface area contributed by atoms with Gasteiger partial charge in [-0.25, -0.2) is 13.4 Å². The Labute approximate surface area is 193 Å². The van der Waals surface area contributed by atoms with E-state index < -0.39 is 27.8 Å². The van der Waals surface area contributed by atoms with Gasteiger partial charge in [-0.15, -0.1) is 4.41 Å². The topological polar surface area (TPSA) is 88.4 Å². The van der Waals surface area contributed by atoms with Crippen LogP contribution >= 0.6 is 11.6 Å². The summed E-state index contributed by atoms with van der Waals surface area (Å²) in [5, 5.41) is 1.18. The van der Waals surface area contributed by atoms with Gasteiger partial charge in [0.05, 0.1) is 25.5 Å². The molecular weight excluding hydrogens is 483 g/mol. The van der Waals surface area contributed by atoms with Crippen LogP contribution in [0, 0.1) is 0 Å². The number of halogens is 4. The molecule has 0 bridgehead atoms. The first-order chi connectivity index (χ1) is 15.4. The average Bonchev–Trinajstić information content (AvgIpc) is 3.07. The summed E-state index contributed by atoms with van der Waals surface area (Å²) in [5.74, 6) is -0.428. The van der Waals surface area contributed by atoms with Crippen LogP contribution in [-0.4, -0.2) is 44.5 Å². The maximum Gasteiger partial charge on any atom is 0.433 e. The molecule has 33 heavy (non-hydrogen) atoms. The number of benzene rings is 1. The molecular formula is C20H19ClF3N5O3S. The highest BCUT2D eigenvalue weighted by Gasteiger charge is 2.34. The molecule has 0 unspecified atom stereocenters. The Morgan fingerprint density at radius 3 is 2.21 bits per heavy atom. The molecule has 13 heteroatoms. The molecule has 2 aromatic heterocycles. The Kier molecular flexibility index (Phi) is 7.10. The molecule has 176 valence electrons. The third kappa shape index (κ3) is 5.89. The van der Waals surface area contributed by atoms with Gasteiger partial charge < -0.3 is 4.57 Å². The zero-order valence-corrected chi connectivity index (χ0v) is 19.1. The van der Waals surface area contributed by atoms with Crippen molar-refractivity contribution in [2.24, 2.45) is 7.05 Å². The number of aromatic nitrogens is 3. The summed E-state index contributed by atoms with van der Waals surface area (Å²) in [7, 11) is -2.46. The van der Waals surface area contributed by atoms with Crippen molar-refractivity contribution in [1.29, 1.82) is 0 Å². The number of alkyl halides is 3. The quantitative estimate of drug-likeness (QED) is 0.462. The normalized spacial score (nSPS) is 12.2.